The molecule has 20 heavy (non-hydrogen) atoms. The number of halogens is 1. The van der Waals surface area contributed by atoms with E-state index in [2.05, 4.69) is 15.3 Å². The molecule has 7 heteroatoms. The predicted molar refractivity (Wildman–Crippen MR) is 69.9 cm³/mol. The molecule has 1 saturated heterocycles. The Bertz CT molecular complexity index is 574. The van der Waals surface area contributed by atoms with Crippen LogP contribution in [-0.2, 0) is 17.8 Å². The summed E-state index contributed by atoms with van der Waals surface area (Å²) in [5.74, 6) is -0.00988. The third-order valence-corrected chi connectivity index (χ3v) is 3.95. The van der Waals surface area contributed by atoms with Crippen LogP contribution in [0.4, 0.5) is 4.39 Å². The fourth-order valence-electron chi connectivity index (χ4n) is 2.84. The van der Waals surface area contributed by atoms with Gasteiger partial charge in [0, 0.05) is 31.1 Å². The number of carbonyl (C=O) groups excluding carboxylic acids is 1. The lowest BCUT2D eigenvalue weighted by Gasteiger charge is -2.28. The van der Waals surface area contributed by atoms with Gasteiger partial charge in [-0.3, -0.25) is 9.59 Å². The first-order chi connectivity index (χ1) is 9.63. The maximum atomic E-state index is 13.1. The maximum absolute atomic E-state index is 13.1. The number of hydrogen-bond donors (Lipinski definition) is 2. The van der Waals surface area contributed by atoms with Crippen molar-refractivity contribution in [3.8, 4) is 0 Å². The highest BCUT2D eigenvalue weighted by Gasteiger charge is 2.29. The van der Waals surface area contributed by atoms with Crippen LogP contribution in [0.15, 0.2) is 11.1 Å². The highest BCUT2D eigenvalue weighted by atomic mass is 19.1. The van der Waals surface area contributed by atoms with Gasteiger partial charge in [-0.05, 0) is 12.8 Å². The molecule has 6 nitrogen and oxygen atoms in total. The first-order valence-electron chi connectivity index (χ1n) is 6.84. The Balaban J connectivity index is 1.65. The summed E-state index contributed by atoms with van der Waals surface area (Å²) in [6.45, 7) is 1.22. The molecule has 0 bridgehead atoms. The number of H-pyrrole nitrogens is 1. The van der Waals surface area contributed by atoms with Crippen molar-refractivity contribution < 1.29 is 9.18 Å². The Morgan fingerprint density at radius 1 is 1.55 bits per heavy atom. The molecule has 0 saturated carbocycles. The summed E-state index contributed by atoms with van der Waals surface area (Å²) in [7, 11) is 0. The standard InChI is InChI=1S/C13H17FN4O2/c14-8-3-9(15-5-8)4-12(19)18-2-1-10-11(6-18)16-7-17-13(10)20/h7-9,15H,1-6H2,(H,16,17,20)/t8-,9-/m0/s1. The van der Waals surface area contributed by atoms with E-state index in [9.17, 15) is 14.0 Å². The molecule has 0 spiro atoms. The van der Waals surface area contributed by atoms with Crippen molar-refractivity contribution in [1.82, 2.24) is 20.2 Å². The minimum atomic E-state index is -0.852. The molecule has 1 aromatic heterocycles. The number of amides is 1. The van der Waals surface area contributed by atoms with Crippen LogP contribution in [0.25, 0.3) is 0 Å². The first-order valence-corrected chi connectivity index (χ1v) is 6.84. The fourth-order valence-corrected chi connectivity index (χ4v) is 2.84. The van der Waals surface area contributed by atoms with Crippen LogP contribution in [0.2, 0.25) is 0 Å². The van der Waals surface area contributed by atoms with E-state index in [1.165, 1.54) is 6.33 Å². The van der Waals surface area contributed by atoms with Gasteiger partial charge in [0.15, 0.2) is 0 Å². The molecule has 0 aromatic carbocycles. The first kappa shape index (κ1) is 13.2. The third-order valence-electron chi connectivity index (χ3n) is 3.95. The van der Waals surface area contributed by atoms with Gasteiger partial charge in [0.25, 0.3) is 5.56 Å². The number of fused-ring (bicyclic) bond motifs is 1. The molecular formula is C13H17FN4O2. The van der Waals surface area contributed by atoms with Crippen molar-refractivity contribution in [3.63, 3.8) is 0 Å². The van der Waals surface area contributed by atoms with Gasteiger partial charge in [0.05, 0.1) is 18.6 Å². The van der Waals surface area contributed by atoms with E-state index in [4.69, 9.17) is 0 Å². The third kappa shape index (κ3) is 2.58. The summed E-state index contributed by atoms with van der Waals surface area (Å²) in [6, 6.07) is -0.0777. The number of nitrogens with zero attached hydrogens (tertiary/aromatic N) is 2. The average molecular weight is 280 g/mol. The molecule has 2 aliphatic heterocycles. The smallest absolute Gasteiger partial charge is 0.254 e. The quantitative estimate of drug-likeness (QED) is 0.783. The second kappa shape index (κ2) is 5.32. The Kier molecular flexibility index (Phi) is 3.52. The molecule has 108 valence electrons. The molecule has 0 aliphatic carbocycles. The maximum Gasteiger partial charge on any atom is 0.254 e. The molecule has 3 rings (SSSR count). The number of alkyl halides is 1. The Morgan fingerprint density at radius 3 is 3.15 bits per heavy atom. The van der Waals surface area contributed by atoms with Crippen molar-refractivity contribution in [2.24, 2.45) is 0 Å². The van der Waals surface area contributed by atoms with Gasteiger partial charge in [-0.2, -0.15) is 0 Å². The lowest BCUT2D eigenvalue weighted by molar-refractivity contribution is -0.132. The number of hydrogen-bond acceptors (Lipinski definition) is 4. The summed E-state index contributed by atoms with van der Waals surface area (Å²) in [5.41, 5.74) is 1.20. The summed E-state index contributed by atoms with van der Waals surface area (Å²) < 4.78 is 13.1. The van der Waals surface area contributed by atoms with Gasteiger partial charge in [-0.15, -0.1) is 0 Å². The van der Waals surface area contributed by atoms with Crippen LogP contribution in [0.1, 0.15) is 24.1 Å². The molecule has 1 fully saturated rings. The molecule has 2 aliphatic rings. The topological polar surface area (TPSA) is 78.1 Å². The number of aromatic amines is 1. The lowest BCUT2D eigenvalue weighted by Crippen LogP contribution is -2.41. The molecule has 1 amide bonds. The van der Waals surface area contributed by atoms with Gasteiger partial charge < -0.3 is 15.2 Å². The zero-order chi connectivity index (χ0) is 14.1. The zero-order valence-electron chi connectivity index (χ0n) is 11.1. The van der Waals surface area contributed by atoms with Crippen molar-refractivity contribution in [2.45, 2.75) is 38.0 Å². The Labute approximate surface area is 115 Å². The molecule has 1 aromatic rings. The minimum absolute atomic E-state index is 0.00988. The Morgan fingerprint density at radius 2 is 2.40 bits per heavy atom. The van der Waals surface area contributed by atoms with E-state index in [1.807, 2.05) is 0 Å². The fraction of sp³-hybridized carbons (Fsp3) is 0.615. The molecule has 0 radical (unpaired) electrons. The molecule has 2 atom stereocenters. The monoisotopic (exact) mass is 280 g/mol. The van der Waals surface area contributed by atoms with Gasteiger partial charge in [-0.1, -0.05) is 0 Å². The number of carbonyl (C=O) groups is 1. The number of nitrogens with one attached hydrogen (secondary N) is 2. The van der Waals surface area contributed by atoms with Crippen LogP contribution in [0, 0.1) is 0 Å². The predicted octanol–water partition coefficient (Wildman–Crippen LogP) is -0.255. The number of rotatable bonds is 2. The highest BCUT2D eigenvalue weighted by Crippen LogP contribution is 2.17. The van der Waals surface area contributed by atoms with Crippen molar-refractivity contribution in [2.75, 3.05) is 13.1 Å². The summed E-state index contributed by atoms with van der Waals surface area (Å²) >= 11 is 0. The largest absolute Gasteiger partial charge is 0.336 e. The minimum Gasteiger partial charge on any atom is -0.336 e. The van der Waals surface area contributed by atoms with Gasteiger partial charge in [0.1, 0.15) is 6.17 Å². The van der Waals surface area contributed by atoms with E-state index in [-0.39, 0.29) is 17.5 Å². The Hall–Kier alpha value is -1.76. The normalized spacial score (nSPS) is 25.6. The van der Waals surface area contributed by atoms with Gasteiger partial charge in [-0.25, -0.2) is 9.37 Å². The second-order valence-electron chi connectivity index (χ2n) is 5.36. The summed E-state index contributed by atoms with van der Waals surface area (Å²) in [4.78, 5) is 32.2. The van der Waals surface area contributed by atoms with Crippen LogP contribution in [-0.4, -0.2) is 46.1 Å². The van der Waals surface area contributed by atoms with E-state index >= 15 is 0 Å². The number of aromatic nitrogens is 2. The molecular weight excluding hydrogens is 263 g/mol. The van der Waals surface area contributed by atoms with Crippen LogP contribution < -0.4 is 10.9 Å². The van der Waals surface area contributed by atoms with Crippen LogP contribution in [0.3, 0.4) is 0 Å². The van der Waals surface area contributed by atoms with Gasteiger partial charge >= 0.3 is 0 Å². The van der Waals surface area contributed by atoms with Gasteiger partial charge in [0.2, 0.25) is 5.91 Å². The summed E-state index contributed by atoms with van der Waals surface area (Å²) in [6.07, 6.45) is 1.73. The SMILES string of the molecule is O=C(C[C@@H]1C[C@H](F)CN1)N1CCc2c(nc[nH]c2=O)C1. The van der Waals surface area contributed by atoms with Crippen molar-refractivity contribution >= 4 is 5.91 Å². The van der Waals surface area contributed by atoms with Crippen molar-refractivity contribution in [1.29, 1.82) is 0 Å². The molecule has 3 heterocycles. The zero-order valence-corrected chi connectivity index (χ0v) is 11.1. The molecule has 0 unspecified atom stereocenters. The van der Waals surface area contributed by atoms with E-state index in [0.29, 0.717) is 50.2 Å². The second-order valence-corrected chi connectivity index (χ2v) is 5.36. The van der Waals surface area contributed by atoms with Crippen LogP contribution >= 0.6 is 0 Å². The van der Waals surface area contributed by atoms with Crippen LogP contribution in [0.5, 0.6) is 0 Å². The van der Waals surface area contributed by atoms with E-state index in [0.717, 1.165) is 0 Å². The van der Waals surface area contributed by atoms with E-state index < -0.39 is 6.17 Å². The highest BCUT2D eigenvalue weighted by molar-refractivity contribution is 5.77. The molecule has 2 N–H and O–H groups in total. The van der Waals surface area contributed by atoms with E-state index in [1.54, 1.807) is 4.90 Å². The summed E-state index contributed by atoms with van der Waals surface area (Å²) in [5, 5.41) is 3.01. The lowest BCUT2D eigenvalue weighted by atomic mass is 10.0. The van der Waals surface area contributed by atoms with Crippen molar-refractivity contribution in [3.05, 3.63) is 27.9 Å². The average Bonchev–Trinajstić information content (AvgIpc) is 2.84.